The van der Waals surface area contributed by atoms with E-state index >= 15 is 0 Å². The van der Waals surface area contributed by atoms with Gasteiger partial charge in [-0.2, -0.15) is 0 Å². The maximum Gasteiger partial charge on any atom is 0.329 e. The number of rotatable bonds is 3. The molecular weight excluding hydrogens is 330 g/mol. The summed E-state index contributed by atoms with van der Waals surface area (Å²) in [7, 11) is 1.75. The van der Waals surface area contributed by atoms with Gasteiger partial charge in [0, 0.05) is 13.5 Å². The molecule has 1 unspecified atom stereocenters. The van der Waals surface area contributed by atoms with Crippen LogP contribution in [-0.2, 0) is 23.1 Å². The van der Waals surface area contributed by atoms with Gasteiger partial charge < -0.3 is 0 Å². The van der Waals surface area contributed by atoms with E-state index in [1.807, 2.05) is 6.07 Å². The monoisotopic (exact) mass is 355 g/mol. The lowest BCUT2D eigenvalue weighted by Gasteiger charge is -2.22. The minimum absolute atomic E-state index is 0.204. The number of amides is 2. The number of piperidine rings is 1. The van der Waals surface area contributed by atoms with Crippen molar-refractivity contribution in [3.8, 4) is 0 Å². The Bertz CT molecular complexity index is 918. The van der Waals surface area contributed by atoms with E-state index in [1.165, 1.54) is 37.7 Å². The van der Waals surface area contributed by atoms with Crippen molar-refractivity contribution < 1.29 is 9.59 Å². The average molecular weight is 355 g/mol. The molecule has 2 aromatic rings. The molecule has 26 heavy (non-hydrogen) atoms. The van der Waals surface area contributed by atoms with Crippen LogP contribution in [0, 0.1) is 5.92 Å². The van der Waals surface area contributed by atoms with Gasteiger partial charge in [0.15, 0.2) is 0 Å². The number of imidazole rings is 1. The van der Waals surface area contributed by atoms with E-state index in [0.717, 1.165) is 23.4 Å². The van der Waals surface area contributed by atoms with E-state index < -0.39 is 6.04 Å². The molecule has 1 aromatic heterocycles. The van der Waals surface area contributed by atoms with E-state index in [1.54, 1.807) is 16.2 Å². The molecule has 2 aliphatic rings. The Balaban J connectivity index is 1.69. The molecule has 1 aliphatic heterocycles. The second-order valence-corrected chi connectivity index (χ2v) is 7.71. The van der Waals surface area contributed by atoms with Gasteiger partial charge in [-0.15, -0.1) is 0 Å². The molecule has 0 spiro atoms. The van der Waals surface area contributed by atoms with Crippen molar-refractivity contribution in [1.29, 1.82) is 0 Å². The first-order valence-electron chi connectivity index (χ1n) is 9.58. The Morgan fingerprint density at radius 2 is 1.81 bits per heavy atom. The number of carbonyl (C=O) groups excluding carboxylic acids is 2. The zero-order valence-electron chi connectivity index (χ0n) is 15.2. The summed E-state index contributed by atoms with van der Waals surface area (Å²) in [6, 6.07) is 5.51. The summed E-state index contributed by atoms with van der Waals surface area (Å²) in [6.45, 7) is 0. The quantitative estimate of drug-likeness (QED) is 0.860. The van der Waals surface area contributed by atoms with Gasteiger partial charge in [-0.1, -0.05) is 38.2 Å². The van der Waals surface area contributed by atoms with Crippen LogP contribution in [0.1, 0.15) is 56.6 Å². The van der Waals surface area contributed by atoms with Gasteiger partial charge in [0.2, 0.25) is 11.8 Å². The van der Waals surface area contributed by atoms with Crippen LogP contribution in [0.2, 0.25) is 0 Å². The number of aryl methyl sites for hydroxylation is 1. The molecule has 2 amide bonds. The number of aromatic nitrogens is 2. The summed E-state index contributed by atoms with van der Waals surface area (Å²) in [5.41, 5.74) is 2.66. The van der Waals surface area contributed by atoms with Crippen LogP contribution >= 0.6 is 0 Å². The lowest BCUT2D eigenvalue weighted by atomic mass is 9.85. The van der Waals surface area contributed by atoms with Gasteiger partial charge in [-0.3, -0.25) is 24.0 Å². The Labute approximate surface area is 152 Å². The fourth-order valence-corrected chi connectivity index (χ4v) is 4.49. The first-order valence-corrected chi connectivity index (χ1v) is 9.58. The molecule has 1 N–H and O–H groups in total. The predicted molar refractivity (Wildman–Crippen MR) is 98.9 cm³/mol. The molecule has 1 aliphatic carbocycles. The Hall–Kier alpha value is -2.37. The Morgan fingerprint density at radius 3 is 2.54 bits per heavy atom. The van der Waals surface area contributed by atoms with Gasteiger partial charge in [0.05, 0.1) is 11.0 Å². The van der Waals surface area contributed by atoms with Crippen LogP contribution in [0.5, 0.6) is 0 Å². The number of nitrogens with zero attached hydrogens (tertiary/aromatic N) is 2. The summed E-state index contributed by atoms with van der Waals surface area (Å²) < 4.78 is 3.16. The largest absolute Gasteiger partial charge is 0.329 e. The van der Waals surface area contributed by atoms with Crippen LogP contribution in [0.15, 0.2) is 23.0 Å². The van der Waals surface area contributed by atoms with Gasteiger partial charge in [0.1, 0.15) is 6.04 Å². The highest BCUT2D eigenvalue weighted by molar-refractivity contribution is 6.00. The van der Waals surface area contributed by atoms with E-state index in [4.69, 9.17) is 0 Å². The smallest absolute Gasteiger partial charge is 0.295 e. The van der Waals surface area contributed by atoms with Crippen molar-refractivity contribution in [1.82, 2.24) is 14.5 Å². The first-order chi connectivity index (χ1) is 12.5. The van der Waals surface area contributed by atoms with Crippen molar-refractivity contribution in [2.24, 2.45) is 13.0 Å². The number of benzene rings is 1. The Kier molecular flexibility index (Phi) is 4.42. The van der Waals surface area contributed by atoms with Crippen LogP contribution < -0.4 is 11.0 Å². The molecule has 4 rings (SSSR count). The van der Waals surface area contributed by atoms with Crippen LogP contribution in [0.25, 0.3) is 11.0 Å². The van der Waals surface area contributed by atoms with Gasteiger partial charge in [-0.25, -0.2) is 4.79 Å². The van der Waals surface area contributed by atoms with Crippen LogP contribution in [0.4, 0.5) is 0 Å². The number of nitrogens with one attached hydrogen (secondary N) is 1. The molecule has 1 saturated heterocycles. The highest BCUT2D eigenvalue weighted by atomic mass is 16.2. The second-order valence-electron chi connectivity index (χ2n) is 7.71. The first kappa shape index (κ1) is 17.1. The maximum atomic E-state index is 12.8. The maximum absolute atomic E-state index is 12.8. The molecule has 6 heteroatoms. The molecular formula is C20H25N3O3. The van der Waals surface area contributed by atoms with Crippen molar-refractivity contribution in [3.63, 3.8) is 0 Å². The van der Waals surface area contributed by atoms with Gasteiger partial charge >= 0.3 is 5.69 Å². The highest BCUT2D eigenvalue weighted by Crippen LogP contribution is 2.29. The summed E-state index contributed by atoms with van der Waals surface area (Å²) in [5.74, 6) is 0.0758. The lowest BCUT2D eigenvalue weighted by Crippen LogP contribution is -2.44. The van der Waals surface area contributed by atoms with Crippen molar-refractivity contribution >= 4 is 22.8 Å². The topological polar surface area (TPSA) is 73.1 Å². The number of carbonyl (C=O) groups is 2. The molecule has 1 saturated carbocycles. The Morgan fingerprint density at radius 1 is 1.04 bits per heavy atom. The minimum Gasteiger partial charge on any atom is -0.295 e. The number of hydrogen-bond donors (Lipinski definition) is 1. The lowest BCUT2D eigenvalue weighted by molar-refractivity contribution is -0.135. The predicted octanol–water partition coefficient (Wildman–Crippen LogP) is 2.44. The minimum atomic E-state index is -0.618. The van der Waals surface area contributed by atoms with Gasteiger partial charge in [0.25, 0.3) is 0 Å². The van der Waals surface area contributed by atoms with Gasteiger partial charge in [-0.05, 0) is 36.5 Å². The molecule has 6 nitrogen and oxygen atoms in total. The summed E-state index contributed by atoms with van der Waals surface area (Å²) in [4.78, 5) is 36.4. The van der Waals surface area contributed by atoms with E-state index in [0.29, 0.717) is 6.42 Å². The van der Waals surface area contributed by atoms with E-state index in [9.17, 15) is 14.4 Å². The molecule has 138 valence electrons. The third kappa shape index (κ3) is 2.97. The van der Waals surface area contributed by atoms with Crippen molar-refractivity contribution in [2.45, 2.75) is 57.4 Å². The molecule has 1 aromatic carbocycles. The molecule has 0 radical (unpaired) electrons. The van der Waals surface area contributed by atoms with Crippen molar-refractivity contribution in [2.75, 3.05) is 0 Å². The molecule has 2 heterocycles. The molecule has 1 atom stereocenters. The van der Waals surface area contributed by atoms with Crippen LogP contribution in [-0.4, -0.2) is 20.9 Å². The highest BCUT2D eigenvalue weighted by Gasteiger charge is 2.31. The fraction of sp³-hybridized carbons (Fsp3) is 0.550. The third-order valence-corrected chi connectivity index (χ3v) is 5.92. The normalized spacial score (nSPS) is 22.0. The summed E-state index contributed by atoms with van der Waals surface area (Å²) in [6.07, 6.45) is 8.23. The zero-order chi connectivity index (χ0) is 18.3. The van der Waals surface area contributed by atoms with E-state index in [2.05, 4.69) is 17.4 Å². The molecule has 2 fully saturated rings. The van der Waals surface area contributed by atoms with Crippen LogP contribution in [0.3, 0.4) is 0 Å². The number of hydrogen-bond acceptors (Lipinski definition) is 3. The molecule has 0 bridgehead atoms. The van der Waals surface area contributed by atoms with Crippen molar-refractivity contribution in [3.05, 3.63) is 34.2 Å². The number of imide groups is 1. The standard InChI is InChI=1S/C20H25N3O3/c1-22-17-12-14(11-13-5-3-2-4-6-13)7-8-15(17)23(20(22)26)16-9-10-18(24)21-19(16)25/h7-8,12-13,16H,2-6,9-11H2,1H3,(H,21,24,25). The summed E-state index contributed by atoms with van der Waals surface area (Å²) >= 11 is 0. The average Bonchev–Trinajstić information content (AvgIpc) is 2.87. The number of fused-ring (bicyclic) bond motifs is 1. The second kappa shape index (κ2) is 6.74. The third-order valence-electron chi connectivity index (χ3n) is 5.92. The fourth-order valence-electron chi connectivity index (χ4n) is 4.49. The van der Waals surface area contributed by atoms with E-state index in [-0.39, 0.29) is 23.9 Å². The summed E-state index contributed by atoms with van der Waals surface area (Å²) in [5, 5.41) is 2.35. The zero-order valence-corrected chi connectivity index (χ0v) is 15.2. The SMILES string of the molecule is Cn1c(=O)n(C2CCC(=O)NC2=O)c2ccc(CC3CCCCC3)cc21.